The van der Waals surface area contributed by atoms with Crippen molar-refractivity contribution in [2.24, 2.45) is 5.92 Å². The molecule has 1 aromatic carbocycles. The number of nitrogens with one attached hydrogen (secondary N) is 1. The Morgan fingerprint density at radius 3 is 2.72 bits per heavy atom. The molecule has 3 nitrogen and oxygen atoms in total. The third kappa shape index (κ3) is 3.06. The Labute approximate surface area is 108 Å². The van der Waals surface area contributed by atoms with E-state index in [0.29, 0.717) is 12.5 Å². The zero-order chi connectivity index (χ0) is 13.0. The number of benzene rings is 1. The van der Waals surface area contributed by atoms with Gasteiger partial charge in [-0.15, -0.1) is 0 Å². The average Bonchev–Trinajstić information content (AvgIpc) is 2.37. The van der Waals surface area contributed by atoms with Gasteiger partial charge in [0, 0.05) is 23.7 Å². The van der Waals surface area contributed by atoms with E-state index in [1.165, 1.54) is 0 Å². The summed E-state index contributed by atoms with van der Waals surface area (Å²) in [5, 5.41) is 14.6. The van der Waals surface area contributed by atoms with E-state index in [-0.39, 0.29) is 0 Å². The molecule has 0 aliphatic rings. The molecule has 2 rings (SSSR count). The first kappa shape index (κ1) is 13.0. The van der Waals surface area contributed by atoms with Crippen LogP contribution in [0.15, 0.2) is 36.5 Å². The fraction of sp³-hybridized carbons (Fsp3) is 0.400. The van der Waals surface area contributed by atoms with Crippen molar-refractivity contribution in [2.45, 2.75) is 20.0 Å². The van der Waals surface area contributed by atoms with Gasteiger partial charge in [0.1, 0.15) is 0 Å². The number of hydrogen-bond donors (Lipinski definition) is 2. The lowest BCUT2D eigenvalue weighted by Crippen LogP contribution is -2.25. The van der Waals surface area contributed by atoms with Gasteiger partial charge in [-0.05, 0) is 18.5 Å². The molecule has 0 aliphatic carbocycles. The van der Waals surface area contributed by atoms with Crippen molar-refractivity contribution >= 4 is 10.9 Å². The summed E-state index contributed by atoms with van der Waals surface area (Å²) in [6.45, 7) is 5.78. The molecule has 0 saturated heterocycles. The fourth-order valence-electron chi connectivity index (χ4n) is 2.02. The van der Waals surface area contributed by atoms with Crippen LogP contribution in [0.2, 0.25) is 0 Å². The van der Waals surface area contributed by atoms with Gasteiger partial charge in [-0.1, -0.05) is 38.1 Å². The number of aliphatic hydroxyl groups is 1. The summed E-state index contributed by atoms with van der Waals surface area (Å²) in [7, 11) is 0. The molecule has 1 aromatic heterocycles. The summed E-state index contributed by atoms with van der Waals surface area (Å²) in [4.78, 5) is 4.36. The van der Waals surface area contributed by atoms with Crippen LogP contribution in [0.25, 0.3) is 10.9 Å². The second kappa shape index (κ2) is 5.94. The van der Waals surface area contributed by atoms with Crippen LogP contribution >= 0.6 is 0 Å². The van der Waals surface area contributed by atoms with Crippen molar-refractivity contribution in [1.82, 2.24) is 10.3 Å². The first-order valence-electron chi connectivity index (χ1n) is 6.41. The molecule has 2 aromatic rings. The summed E-state index contributed by atoms with van der Waals surface area (Å²) in [5.74, 6) is 0.586. The molecule has 0 radical (unpaired) electrons. The number of aliphatic hydroxyl groups excluding tert-OH is 1. The van der Waals surface area contributed by atoms with Gasteiger partial charge in [-0.2, -0.15) is 0 Å². The van der Waals surface area contributed by atoms with Gasteiger partial charge in [-0.25, -0.2) is 0 Å². The molecule has 0 aliphatic heterocycles. The largest absolute Gasteiger partial charge is 0.387 e. The summed E-state index contributed by atoms with van der Waals surface area (Å²) in [6.07, 6.45) is 1.25. The molecule has 1 atom stereocenters. The molecule has 0 spiro atoms. The van der Waals surface area contributed by atoms with E-state index in [0.717, 1.165) is 23.0 Å². The molecule has 1 heterocycles. The minimum absolute atomic E-state index is 0.512. The lowest BCUT2D eigenvalue weighted by Gasteiger charge is -2.15. The zero-order valence-electron chi connectivity index (χ0n) is 10.9. The van der Waals surface area contributed by atoms with E-state index in [9.17, 15) is 5.11 Å². The molecule has 18 heavy (non-hydrogen) atoms. The van der Waals surface area contributed by atoms with Crippen LogP contribution in [0.5, 0.6) is 0 Å². The summed E-state index contributed by atoms with van der Waals surface area (Å²) < 4.78 is 0. The van der Waals surface area contributed by atoms with Gasteiger partial charge >= 0.3 is 0 Å². The third-order valence-electron chi connectivity index (χ3n) is 2.91. The first-order valence-corrected chi connectivity index (χ1v) is 6.41. The van der Waals surface area contributed by atoms with E-state index in [1.54, 1.807) is 6.20 Å². The maximum absolute atomic E-state index is 10.2. The van der Waals surface area contributed by atoms with E-state index >= 15 is 0 Å². The van der Waals surface area contributed by atoms with Crippen molar-refractivity contribution < 1.29 is 5.11 Å². The molecule has 3 heteroatoms. The number of aromatic nitrogens is 1. The number of fused-ring (bicyclic) bond motifs is 1. The van der Waals surface area contributed by atoms with Crippen molar-refractivity contribution in [3.63, 3.8) is 0 Å². The topological polar surface area (TPSA) is 45.1 Å². The highest BCUT2D eigenvalue weighted by Crippen LogP contribution is 2.21. The highest BCUT2D eigenvalue weighted by molar-refractivity contribution is 5.81. The lowest BCUT2D eigenvalue weighted by molar-refractivity contribution is 0.175. The predicted octanol–water partition coefficient (Wildman–Crippen LogP) is 2.51. The van der Waals surface area contributed by atoms with Crippen LogP contribution in [-0.4, -0.2) is 23.2 Å². The summed E-state index contributed by atoms with van der Waals surface area (Å²) in [6, 6.07) is 9.85. The Bertz CT molecular complexity index is 505. The van der Waals surface area contributed by atoms with Crippen LogP contribution in [0.4, 0.5) is 0 Å². The molecule has 0 bridgehead atoms. The molecular formula is C15H20N2O. The second-order valence-electron chi connectivity index (χ2n) is 4.99. The minimum Gasteiger partial charge on any atom is -0.387 e. The minimum atomic E-state index is -0.512. The Morgan fingerprint density at radius 1 is 1.17 bits per heavy atom. The van der Waals surface area contributed by atoms with Crippen LogP contribution in [-0.2, 0) is 0 Å². The number of nitrogens with zero attached hydrogens (tertiary/aromatic N) is 1. The number of para-hydroxylation sites is 1. The van der Waals surface area contributed by atoms with Crippen molar-refractivity contribution in [2.75, 3.05) is 13.1 Å². The molecule has 2 N–H and O–H groups in total. The van der Waals surface area contributed by atoms with Gasteiger partial charge in [-0.3, -0.25) is 4.98 Å². The maximum Gasteiger partial charge on any atom is 0.0935 e. The van der Waals surface area contributed by atoms with E-state index in [4.69, 9.17) is 0 Å². The van der Waals surface area contributed by atoms with Crippen LogP contribution in [0.1, 0.15) is 25.5 Å². The standard InChI is InChI=1S/C15H20N2O/c1-11(2)9-16-10-14(18)13-7-3-5-12-6-4-8-17-15(12)13/h3-8,11,14,16,18H,9-10H2,1-2H3. The number of rotatable bonds is 5. The lowest BCUT2D eigenvalue weighted by atomic mass is 10.0. The molecular weight excluding hydrogens is 224 g/mol. The van der Waals surface area contributed by atoms with E-state index in [2.05, 4.69) is 24.1 Å². The van der Waals surface area contributed by atoms with Crippen molar-refractivity contribution in [1.29, 1.82) is 0 Å². The zero-order valence-corrected chi connectivity index (χ0v) is 10.9. The van der Waals surface area contributed by atoms with Crippen molar-refractivity contribution in [3.8, 4) is 0 Å². The monoisotopic (exact) mass is 244 g/mol. The van der Waals surface area contributed by atoms with Gasteiger partial charge in [0.15, 0.2) is 0 Å². The molecule has 96 valence electrons. The average molecular weight is 244 g/mol. The predicted molar refractivity (Wildman–Crippen MR) is 74.4 cm³/mol. The van der Waals surface area contributed by atoms with Gasteiger partial charge < -0.3 is 10.4 Å². The highest BCUT2D eigenvalue weighted by Gasteiger charge is 2.11. The summed E-state index contributed by atoms with van der Waals surface area (Å²) in [5.41, 5.74) is 1.78. The van der Waals surface area contributed by atoms with E-state index in [1.807, 2.05) is 30.3 Å². The van der Waals surface area contributed by atoms with Gasteiger partial charge in [0.05, 0.1) is 11.6 Å². The first-order chi connectivity index (χ1) is 8.68. The van der Waals surface area contributed by atoms with Crippen molar-refractivity contribution in [3.05, 3.63) is 42.1 Å². The third-order valence-corrected chi connectivity index (χ3v) is 2.91. The smallest absolute Gasteiger partial charge is 0.0935 e. The SMILES string of the molecule is CC(C)CNCC(O)c1cccc2cccnc12. The molecule has 0 saturated carbocycles. The van der Waals surface area contributed by atoms with Crippen LogP contribution in [0, 0.1) is 5.92 Å². The molecule has 1 unspecified atom stereocenters. The second-order valence-corrected chi connectivity index (χ2v) is 4.99. The fourth-order valence-corrected chi connectivity index (χ4v) is 2.02. The van der Waals surface area contributed by atoms with Gasteiger partial charge in [0.25, 0.3) is 0 Å². The normalized spacial score (nSPS) is 13.1. The number of hydrogen-bond acceptors (Lipinski definition) is 3. The maximum atomic E-state index is 10.2. The quantitative estimate of drug-likeness (QED) is 0.849. The Kier molecular flexibility index (Phi) is 4.28. The van der Waals surface area contributed by atoms with E-state index < -0.39 is 6.10 Å². The molecule has 0 fully saturated rings. The highest BCUT2D eigenvalue weighted by atomic mass is 16.3. The Hall–Kier alpha value is -1.45. The Morgan fingerprint density at radius 2 is 1.94 bits per heavy atom. The Balaban J connectivity index is 2.15. The number of pyridine rings is 1. The van der Waals surface area contributed by atoms with Crippen LogP contribution < -0.4 is 5.32 Å². The summed E-state index contributed by atoms with van der Waals surface area (Å²) >= 11 is 0. The molecule has 0 amide bonds. The van der Waals surface area contributed by atoms with Gasteiger partial charge in [0.2, 0.25) is 0 Å². The van der Waals surface area contributed by atoms with Crippen LogP contribution in [0.3, 0.4) is 0 Å².